The van der Waals surface area contributed by atoms with E-state index in [0.29, 0.717) is 5.82 Å². The number of hydrogen-bond donors (Lipinski definition) is 0. The summed E-state index contributed by atoms with van der Waals surface area (Å²) in [6, 6.07) is 70.0. The Morgan fingerprint density at radius 3 is 1.80 bits per heavy atom. The van der Waals surface area contributed by atoms with Gasteiger partial charge in [0.2, 0.25) is 0 Å². The summed E-state index contributed by atoms with van der Waals surface area (Å²) < 4.78 is 8.88. The van der Waals surface area contributed by atoms with E-state index in [9.17, 15) is 0 Å². The van der Waals surface area contributed by atoms with Crippen LogP contribution < -0.4 is 0 Å². The second kappa shape index (κ2) is 14.0. The molecular formula is C55H33N3OS. The Hall–Kier alpha value is -7.73. The van der Waals surface area contributed by atoms with Crippen molar-refractivity contribution in [1.82, 2.24) is 15.0 Å². The first-order valence-electron chi connectivity index (χ1n) is 20.1. The molecule has 280 valence electrons. The number of nitrogens with zero attached hydrogens (tertiary/aromatic N) is 3. The van der Waals surface area contributed by atoms with E-state index < -0.39 is 0 Å². The van der Waals surface area contributed by atoms with Gasteiger partial charge in [0.25, 0.3) is 0 Å². The van der Waals surface area contributed by atoms with Gasteiger partial charge in [-0.05, 0) is 35.4 Å². The zero-order chi connectivity index (χ0) is 39.6. The highest BCUT2D eigenvalue weighted by atomic mass is 32.1. The third-order valence-corrected chi connectivity index (χ3v) is 12.7. The van der Waals surface area contributed by atoms with Crippen molar-refractivity contribution in [2.24, 2.45) is 0 Å². The Morgan fingerprint density at radius 1 is 0.383 bits per heavy atom. The summed E-state index contributed by atoms with van der Waals surface area (Å²) in [5, 5.41) is 5.91. The first-order valence-corrected chi connectivity index (χ1v) is 20.9. The van der Waals surface area contributed by atoms with Crippen molar-refractivity contribution in [3.8, 4) is 67.4 Å². The minimum atomic E-state index is 0.675. The molecule has 0 N–H and O–H groups in total. The van der Waals surface area contributed by atoms with Crippen LogP contribution >= 0.6 is 11.3 Å². The van der Waals surface area contributed by atoms with Gasteiger partial charge in [-0.15, -0.1) is 11.3 Å². The van der Waals surface area contributed by atoms with E-state index in [1.165, 1.54) is 25.6 Å². The van der Waals surface area contributed by atoms with Crippen molar-refractivity contribution in [3.63, 3.8) is 0 Å². The fraction of sp³-hybridized carbons (Fsp3) is 0. The lowest BCUT2D eigenvalue weighted by atomic mass is 9.97. The van der Waals surface area contributed by atoms with Crippen LogP contribution in [0.1, 0.15) is 0 Å². The number of para-hydroxylation sites is 3. The lowest BCUT2D eigenvalue weighted by Crippen LogP contribution is -1.96. The maximum Gasteiger partial charge on any atom is 0.160 e. The van der Waals surface area contributed by atoms with E-state index >= 15 is 0 Å². The fourth-order valence-electron chi connectivity index (χ4n) is 8.63. The number of benzene rings is 8. The van der Waals surface area contributed by atoms with E-state index in [-0.39, 0.29) is 0 Å². The topological polar surface area (TPSA) is 51.8 Å². The molecular weight excluding hydrogens is 751 g/mol. The largest absolute Gasteiger partial charge is 0.455 e. The third kappa shape index (κ3) is 5.70. The average Bonchev–Trinajstić information content (AvgIpc) is 3.91. The van der Waals surface area contributed by atoms with Gasteiger partial charge in [-0.2, -0.15) is 0 Å². The summed E-state index contributed by atoms with van der Waals surface area (Å²) in [5.41, 5.74) is 13.9. The van der Waals surface area contributed by atoms with Gasteiger partial charge in [-0.25, -0.2) is 15.0 Å². The van der Waals surface area contributed by atoms with E-state index in [4.69, 9.17) is 19.4 Å². The average molecular weight is 784 g/mol. The van der Waals surface area contributed by atoms with Crippen LogP contribution in [-0.2, 0) is 0 Å². The van der Waals surface area contributed by atoms with Crippen LogP contribution in [0.25, 0.3) is 120 Å². The van der Waals surface area contributed by atoms with Crippen LogP contribution in [-0.4, -0.2) is 15.0 Å². The maximum absolute atomic E-state index is 6.44. The van der Waals surface area contributed by atoms with Gasteiger partial charge in [-0.3, -0.25) is 0 Å². The summed E-state index contributed by atoms with van der Waals surface area (Å²) in [4.78, 5) is 15.8. The van der Waals surface area contributed by atoms with Crippen molar-refractivity contribution in [3.05, 3.63) is 200 Å². The number of fused-ring (bicyclic) bond motifs is 8. The second-order valence-electron chi connectivity index (χ2n) is 15.1. The number of furan rings is 1. The van der Waals surface area contributed by atoms with E-state index in [0.717, 1.165) is 89.0 Å². The van der Waals surface area contributed by atoms with Crippen LogP contribution in [0.4, 0.5) is 0 Å². The summed E-state index contributed by atoms with van der Waals surface area (Å²) in [6.07, 6.45) is 0. The van der Waals surface area contributed by atoms with Crippen molar-refractivity contribution in [1.29, 1.82) is 0 Å². The Balaban J connectivity index is 0.994. The number of thiophene rings is 1. The monoisotopic (exact) mass is 783 g/mol. The summed E-state index contributed by atoms with van der Waals surface area (Å²) in [7, 11) is 0. The third-order valence-electron chi connectivity index (χ3n) is 11.5. The molecule has 12 aromatic rings. The van der Waals surface area contributed by atoms with Gasteiger partial charge in [0.15, 0.2) is 5.82 Å². The molecule has 0 amide bonds. The summed E-state index contributed by atoms with van der Waals surface area (Å²) in [5.74, 6) is 0.675. The molecule has 4 nitrogen and oxygen atoms in total. The highest BCUT2D eigenvalue weighted by Crippen LogP contribution is 2.45. The Morgan fingerprint density at radius 2 is 0.983 bits per heavy atom. The van der Waals surface area contributed by atoms with Crippen LogP contribution in [0.5, 0.6) is 0 Å². The molecule has 0 aliphatic heterocycles. The minimum Gasteiger partial charge on any atom is -0.455 e. The van der Waals surface area contributed by atoms with Gasteiger partial charge in [-0.1, -0.05) is 176 Å². The smallest absolute Gasteiger partial charge is 0.160 e. The Bertz CT molecular complexity index is 3590. The second-order valence-corrected chi connectivity index (χ2v) is 16.1. The minimum absolute atomic E-state index is 0.675. The maximum atomic E-state index is 6.44. The SMILES string of the molecule is c1ccc(-c2nc(-c3ccc(-c4nc5c(-c6ccccc6)cccc5c5c4sc4ccccc45)cc3)cc(-c3cccc(-c4cccc5c4oc4ccccc45)c3)n2)cc1. The molecule has 5 heteroatoms. The summed E-state index contributed by atoms with van der Waals surface area (Å²) in [6.45, 7) is 0. The predicted molar refractivity (Wildman–Crippen MR) is 250 cm³/mol. The molecule has 4 heterocycles. The van der Waals surface area contributed by atoms with Crippen LogP contribution in [0.2, 0.25) is 0 Å². The zero-order valence-corrected chi connectivity index (χ0v) is 33.0. The molecule has 0 spiro atoms. The number of rotatable bonds is 6. The van der Waals surface area contributed by atoms with Crippen molar-refractivity contribution in [2.75, 3.05) is 0 Å². The molecule has 0 radical (unpaired) electrons. The quantitative estimate of drug-likeness (QED) is 0.169. The molecule has 0 bridgehead atoms. The number of hydrogen-bond acceptors (Lipinski definition) is 5. The van der Waals surface area contributed by atoms with E-state index in [1.807, 2.05) is 41.7 Å². The number of pyridine rings is 1. The molecule has 0 fully saturated rings. The highest BCUT2D eigenvalue weighted by Gasteiger charge is 2.19. The predicted octanol–water partition coefficient (Wildman–Crippen LogP) is 15.3. The molecule has 4 aromatic heterocycles. The lowest BCUT2D eigenvalue weighted by molar-refractivity contribution is 0.670. The Labute approximate surface area is 349 Å². The summed E-state index contributed by atoms with van der Waals surface area (Å²) >= 11 is 1.81. The Kier molecular flexibility index (Phi) is 8.00. The van der Waals surface area contributed by atoms with Gasteiger partial charge in [0.05, 0.1) is 27.3 Å². The zero-order valence-electron chi connectivity index (χ0n) is 32.2. The van der Waals surface area contributed by atoms with Crippen LogP contribution in [0.15, 0.2) is 205 Å². The standard InChI is InChI=1S/C55H33N3OS/c1-3-14-34(15-4-1)40-22-12-25-45-50-44-21-8-10-27-49(44)60-54(50)51(58-52(40)45)36-30-28-35(29-31-36)46-33-47(57-55(56-46)37-16-5-2-6-17-37)39-19-11-18-38(32-39)41-23-13-24-43-42-20-7-9-26-48(42)59-53(41)43/h1-33H. The highest BCUT2D eigenvalue weighted by molar-refractivity contribution is 7.26. The van der Waals surface area contributed by atoms with Crippen LogP contribution in [0, 0.1) is 0 Å². The van der Waals surface area contributed by atoms with Crippen molar-refractivity contribution in [2.45, 2.75) is 0 Å². The van der Waals surface area contributed by atoms with Gasteiger partial charge in [0.1, 0.15) is 11.2 Å². The van der Waals surface area contributed by atoms with E-state index in [1.54, 1.807) is 0 Å². The van der Waals surface area contributed by atoms with E-state index in [2.05, 4.69) is 170 Å². The molecule has 8 aromatic carbocycles. The lowest BCUT2D eigenvalue weighted by Gasteiger charge is -2.13. The first kappa shape index (κ1) is 34.3. The number of aromatic nitrogens is 3. The molecule has 0 aliphatic carbocycles. The molecule has 12 rings (SSSR count). The molecule has 60 heavy (non-hydrogen) atoms. The van der Waals surface area contributed by atoms with Gasteiger partial charge in [0, 0.05) is 65.0 Å². The van der Waals surface area contributed by atoms with Crippen molar-refractivity contribution < 1.29 is 4.42 Å². The normalized spacial score (nSPS) is 11.7. The first-order chi connectivity index (χ1) is 29.7. The fourth-order valence-corrected chi connectivity index (χ4v) is 9.86. The molecule has 0 unspecified atom stereocenters. The van der Waals surface area contributed by atoms with Crippen LogP contribution in [0.3, 0.4) is 0 Å². The van der Waals surface area contributed by atoms with Gasteiger partial charge < -0.3 is 4.42 Å². The van der Waals surface area contributed by atoms with Gasteiger partial charge >= 0.3 is 0 Å². The molecule has 0 saturated carbocycles. The van der Waals surface area contributed by atoms with Crippen molar-refractivity contribution >= 4 is 64.4 Å². The molecule has 0 aliphatic rings. The molecule has 0 saturated heterocycles. The molecule has 0 atom stereocenters.